The molecule has 3 aliphatic heterocycles. The number of amidine groups is 1. The van der Waals surface area contributed by atoms with Crippen LogP contribution in [0.1, 0.15) is 44.1 Å². The summed E-state index contributed by atoms with van der Waals surface area (Å²) in [6, 6.07) is 6.70. The van der Waals surface area contributed by atoms with Gasteiger partial charge < -0.3 is 14.5 Å². The van der Waals surface area contributed by atoms with Crippen molar-refractivity contribution in [2.75, 3.05) is 19.7 Å². The maximum Gasteiger partial charge on any atom is 0.285 e. The van der Waals surface area contributed by atoms with Gasteiger partial charge in [-0.3, -0.25) is 4.79 Å². The largest absolute Gasteiger partial charge is 0.374 e. The molecule has 2 unspecified atom stereocenters. The van der Waals surface area contributed by atoms with E-state index < -0.39 is 10.0 Å². The molecule has 2 saturated heterocycles. The summed E-state index contributed by atoms with van der Waals surface area (Å²) in [4.78, 5) is 17.7. The molecule has 150 valence electrons. The van der Waals surface area contributed by atoms with Gasteiger partial charge >= 0.3 is 0 Å². The Labute approximate surface area is 165 Å². The zero-order valence-electron chi connectivity index (χ0n) is 15.8. The Balaban J connectivity index is 1.44. The monoisotopic (exact) mass is 403 g/mol. The molecule has 3 atom stereocenters. The fourth-order valence-electron chi connectivity index (χ4n) is 5.13. The summed E-state index contributed by atoms with van der Waals surface area (Å²) in [5.41, 5.74) is 0.611. The summed E-state index contributed by atoms with van der Waals surface area (Å²) < 4.78 is 34.9. The molecule has 0 radical (unpaired) electrons. The summed E-state index contributed by atoms with van der Waals surface area (Å²) in [6.45, 7) is 1.85. The van der Waals surface area contributed by atoms with E-state index >= 15 is 0 Å². The van der Waals surface area contributed by atoms with Crippen LogP contribution in [-0.2, 0) is 19.6 Å². The van der Waals surface area contributed by atoms with E-state index in [2.05, 4.69) is 4.40 Å². The van der Waals surface area contributed by atoms with Gasteiger partial charge in [0, 0.05) is 18.7 Å². The van der Waals surface area contributed by atoms with Crippen molar-refractivity contribution >= 4 is 21.8 Å². The van der Waals surface area contributed by atoms with Crippen molar-refractivity contribution in [3.05, 3.63) is 29.8 Å². The molecule has 0 aromatic heterocycles. The molecule has 5 rings (SSSR count). The van der Waals surface area contributed by atoms with Crippen LogP contribution in [0.3, 0.4) is 0 Å². The van der Waals surface area contributed by atoms with E-state index in [1.165, 1.54) is 0 Å². The molecular formula is C20H25N3O4S. The Morgan fingerprint density at radius 2 is 1.89 bits per heavy atom. The average molecular weight is 404 g/mol. The fourth-order valence-corrected chi connectivity index (χ4v) is 6.35. The molecule has 1 aromatic carbocycles. The van der Waals surface area contributed by atoms with Gasteiger partial charge in [-0.25, -0.2) is 0 Å². The zero-order valence-corrected chi connectivity index (χ0v) is 16.6. The molecule has 3 heterocycles. The second kappa shape index (κ2) is 6.84. The van der Waals surface area contributed by atoms with Crippen LogP contribution in [0.2, 0.25) is 0 Å². The van der Waals surface area contributed by atoms with Gasteiger partial charge in [0.25, 0.3) is 10.0 Å². The number of rotatable bonds is 1. The molecule has 4 aliphatic rings. The maximum absolute atomic E-state index is 13.5. The number of fused-ring (bicyclic) bond motifs is 2. The van der Waals surface area contributed by atoms with Crippen molar-refractivity contribution in [1.29, 1.82) is 0 Å². The van der Waals surface area contributed by atoms with Crippen LogP contribution in [0.15, 0.2) is 33.6 Å². The molecule has 8 heteroatoms. The van der Waals surface area contributed by atoms with Crippen LogP contribution >= 0.6 is 0 Å². The number of sulfonamides is 1. The van der Waals surface area contributed by atoms with E-state index in [9.17, 15) is 13.2 Å². The Hall–Kier alpha value is -1.93. The summed E-state index contributed by atoms with van der Waals surface area (Å²) in [5.74, 6) is 0.530. The first-order valence-electron chi connectivity index (χ1n) is 10.2. The minimum atomic E-state index is -3.68. The smallest absolute Gasteiger partial charge is 0.285 e. The first kappa shape index (κ1) is 18.1. The number of carbonyl (C=O) groups excluding carboxylic acids is 1. The molecule has 0 N–H and O–H groups in total. The lowest BCUT2D eigenvalue weighted by atomic mass is 9.89. The van der Waals surface area contributed by atoms with Crippen molar-refractivity contribution in [3.63, 3.8) is 0 Å². The van der Waals surface area contributed by atoms with Crippen molar-refractivity contribution < 1.29 is 17.9 Å². The standard InChI is InChI=1S/C20H25N3O4S/c24-20(23-12-13-27-17-9-3-2-7-15(17)23)16-8-5-11-22(16)19-14-6-1-4-10-18(14)28(25,26)21-19/h1,4,6,10,15-17H,2-3,5,7-9,11-13H2/t15?,16-,17?/m0/s1. The fraction of sp³-hybridized carbons (Fsp3) is 0.600. The van der Waals surface area contributed by atoms with Crippen LogP contribution in [0, 0.1) is 0 Å². The van der Waals surface area contributed by atoms with Gasteiger partial charge in [-0.15, -0.1) is 4.40 Å². The van der Waals surface area contributed by atoms with Crippen molar-refractivity contribution in [2.24, 2.45) is 4.40 Å². The normalized spacial score (nSPS) is 31.3. The lowest BCUT2D eigenvalue weighted by molar-refractivity contribution is -0.153. The number of likely N-dealkylation sites (tertiary alicyclic amines) is 1. The molecule has 7 nitrogen and oxygen atoms in total. The Bertz CT molecular complexity index is 927. The summed E-state index contributed by atoms with van der Waals surface area (Å²) in [7, 11) is -3.68. The average Bonchev–Trinajstić information content (AvgIpc) is 3.30. The Morgan fingerprint density at radius 1 is 1.07 bits per heavy atom. The van der Waals surface area contributed by atoms with Crippen LogP contribution in [0.4, 0.5) is 0 Å². The van der Waals surface area contributed by atoms with Crippen LogP contribution < -0.4 is 0 Å². The number of morpholine rings is 1. The van der Waals surface area contributed by atoms with Gasteiger partial charge in [-0.2, -0.15) is 8.42 Å². The van der Waals surface area contributed by atoms with Gasteiger partial charge in [0.2, 0.25) is 5.91 Å². The number of amides is 1. The second-order valence-corrected chi connectivity index (χ2v) is 9.60. The molecule has 0 spiro atoms. The van der Waals surface area contributed by atoms with E-state index in [1.807, 2.05) is 15.9 Å². The minimum absolute atomic E-state index is 0.0992. The van der Waals surface area contributed by atoms with Gasteiger partial charge in [-0.05, 0) is 37.8 Å². The molecule has 28 heavy (non-hydrogen) atoms. The predicted octanol–water partition coefficient (Wildman–Crippen LogP) is 1.77. The first-order valence-corrected chi connectivity index (χ1v) is 11.6. The van der Waals surface area contributed by atoms with Crippen molar-refractivity contribution in [3.8, 4) is 0 Å². The number of nitrogens with zero attached hydrogens (tertiary/aromatic N) is 3. The van der Waals surface area contributed by atoms with Crippen LogP contribution in [0.25, 0.3) is 0 Å². The van der Waals surface area contributed by atoms with Gasteiger partial charge in [0.15, 0.2) is 5.84 Å². The highest BCUT2D eigenvalue weighted by Crippen LogP contribution is 2.34. The highest BCUT2D eigenvalue weighted by atomic mass is 32.2. The second-order valence-electron chi connectivity index (χ2n) is 8.03. The number of benzene rings is 1. The van der Waals surface area contributed by atoms with Crippen molar-refractivity contribution in [1.82, 2.24) is 9.80 Å². The third-order valence-corrected chi connectivity index (χ3v) is 7.76. The maximum atomic E-state index is 13.5. The first-order chi connectivity index (χ1) is 13.6. The Kier molecular flexibility index (Phi) is 4.43. The molecule has 1 saturated carbocycles. The van der Waals surface area contributed by atoms with E-state index in [1.54, 1.807) is 18.2 Å². The summed E-state index contributed by atoms with van der Waals surface area (Å²) >= 11 is 0. The summed E-state index contributed by atoms with van der Waals surface area (Å²) in [6.07, 6.45) is 6.02. The molecule has 1 amide bonds. The van der Waals surface area contributed by atoms with E-state index in [-0.39, 0.29) is 29.0 Å². The lowest BCUT2D eigenvalue weighted by Gasteiger charge is -2.45. The van der Waals surface area contributed by atoms with Crippen LogP contribution in [0.5, 0.6) is 0 Å². The summed E-state index contributed by atoms with van der Waals surface area (Å²) in [5, 5.41) is 0. The quantitative estimate of drug-likeness (QED) is 0.714. The molecule has 0 bridgehead atoms. The topological polar surface area (TPSA) is 79.3 Å². The number of hydrogen-bond donors (Lipinski definition) is 0. The van der Waals surface area contributed by atoms with Gasteiger partial charge in [0.05, 0.1) is 18.8 Å². The minimum Gasteiger partial charge on any atom is -0.374 e. The number of hydrogen-bond acceptors (Lipinski definition) is 5. The molecule has 3 fully saturated rings. The Morgan fingerprint density at radius 3 is 2.79 bits per heavy atom. The third-order valence-electron chi connectivity index (χ3n) is 6.44. The van der Waals surface area contributed by atoms with Gasteiger partial charge in [-0.1, -0.05) is 25.0 Å². The molecule has 1 aliphatic carbocycles. The molecular weight excluding hydrogens is 378 g/mol. The van der Waals surface area contributed by atoms with E-state index in [0.717, 1.165) is 38.5 Å². The van der Waals surface area contributed by atoms with E-state index in [0.29, 0.717) is 31.1 Å². The van der Waals surface area contributed by atoms with E-state index in [4.69, 9.17) is 4.74 Å². The number of ether oxygens (including phenoxy) is 1. The highest BCUT2D eigenvalue weighted by Gasteiger charge is 2.44. The van der Waals surface area contributed by atoms with Crippen LogP contribution in [-0.4, -0.2) is 67.8 Å². The lowest BCUT2D eigenvalue weighted by Crippen LogP contribution is -2.59. The molecule has 1 aromatic rings. The van der Waals surface area contributed by atoms with Crippen molar-refractivity contribution in [2.45, 2.75) is 61.6 Å². The predicted molar refractivity (Wildman–Crippen MR) is 104 cm³/mol. The number of carbonyl (C=O) groups is 1. The SMILES string of the molecule is O=C([C@@H]1CCCN1C1=NS(=O)(=O)c2ccccc21)N1CCOC2CCCCC21. The highest BCUT2D eigenvalue weighted by molar-refractivity contribution is 7.90. The van der Waals surface area contributed by atoms with Gasteiger partial charge in [0.1, 0.15) is 10.9 Å². The zero-order chi connectivity index (χ0) is 19.3. The third kappa shape index (κ3) is 2.85.